The van der Waals surface area contributed by atoms with Gasteiger partial charge in [-0.2, -0.15) is 0 Å². The van der Waals surface area contributed by atoms with E-state index in [4.69, 9.17) is 5.73 Å². The first kappa shape index (κ1) is 15.2. The molecule has 0 aromatic heterocycles. The maximum atomic E-state index is 5.75. The highest BCUT2D eigenvalue weighted by molar-refractivity contribution is 5.86. The highest BCUT2D eigenvalue weighted by Crippen LogP contribution is 2.21. The lowest BCUT2D eigenvalue weighted by atomic mass is 9.95. The molecule has 102 valence electrons. The molecular weight excluding hydrogens is 232 g/mol. The minimum Gasteiger partial charge on any atom is -0.404 e. The lowest BCUT2D eigenvalue weighted by molar-refractivity contribution is 0.779. The van der Waals surface area contributed by atoms with Gasteiger partial charge in [-0.05, 0) is 36.5 Å². The van der Waals surface area contributed by atoms with E-state index in [9.17, 15) is 0 Å². The minimum absolute atomic E-state index is 0.443. The maximum absolute atomic E-state index is 5.75. The molecule has 0 aliphatic rings. The van der Waals surface area contributed by atoms with Crippen LogP contribution in [-0.2, 0) is 0 Å². The van der Waals surface area contributed by atoms with Gasteiger partial charge in [-0.3, -0.25) is 4.99 Å². The van der Waals surface area contributed by atoms with E-state index in [2.05, 4.69) is 44.8 Å². The van der Waals surface area contributed by atoms with Crippen molar-refractivity contribution < 1.29 is 0 Å². The fourth-order valence-electron chi connectivity index (χ4n) is 1.97. The van der Waals surface area contributed by atoms with Crippen LogP contribution in [-0.4, -0.2) is 6.21 Å². The van der Waals surface area contributed by atoms with Crippen molar-refractivity contribution in [3.8, 4) is 0 Å². The highest BCUT2D eigenvalue weighted by atomic mass is 14.7. The van der Waals surface area contributed by atoms with Gasteiger partial charge in [0, 0.05) is 18.0 Å². The Morgan fingerprint density at radius 3 is 2.53 bits per heavy atom. The van der Waals surface area contributed by atoms with Crippen molar-refractivity contribution in [3.63, 3.8) is 0 Å². The van der Waals surface area contributed by atoms with Crippen LogP contribution in [0.5, 0.6) is 0 Å². The van der Waals surface area contributed by atoms with Gasteiger partial charge in [0.25, 0.3) is 0 Å². The first-order chi connectivity index (χ1) is 9.10. The van der Waals surface area contributed by atoms with Crippen molar-refractivity contribution in [2.45, 2.75) is 34.1 Å². The molecule has 0 radical (unpaired) electrons. The molecule has 0 aliphatic heterocycles. The molecule has 1 aromatic carbocycles. The number of nitrogens with two attached hydrogens (primary N) is 1. The van der Waals surface area contributed by atoms with Gasteiger partial charge in [0.05, 0.1) is 5.69 Å². The number of aliphatic imine (C=N–C) groups is 1. The minimum atomic E-state index is 0.443. The molecule has 0 amide bonds. The normalized spacial score (nSPS) is 13.5. The standard InChI is InChI=1S/C17H24N2/c1-5-8-16(13(2)3)15(11-18)12-19-17-10-7-6-9-14(17)4/h6-13H,5,18H2,1-4H3/b15-11?,16-8+,19-12?. The summed E-state index contributed by atoms with van der Waals surface area (Å²) in [5.41, 5.74) is 10.2. The summed E-state index contributed by atoms with van der Waals surface area (Å²) in [6, 6.07) is 8.09. The second-order valence-corrected chi connectivity index (χ2v) is 4.89. The Bertz CT molecular complexity index is 494. The largest absolute Gasteiger partial charge is 0.404 e. The average molecular weight is 256 g/mol. The van der Waals surface area contributed by atoms with Gasteiger partial charge in [-0.1, -0.05) is 45.0 Å². The second-order valence-electron chi connectivity index (χ2n) is 4.89. The average Bonchev–Trinajstić information content (AvgIpc) is 2.39. The fourth-order valence-corrected chi connectivity index (χ4v) is 1.97. The summed E-state index contributed by atoms with van der Waals surface area (Å²) in [6.45, 7) is 8.54. The van der Waals surface area contributed by atoms with Crippen molar-refractivity contribution in [3.05, 3.63) is 53.3 Å². The molecule has 0 unspecified atom stereocenters. The number of hydrogen-bond acceptors (Lipinski definition) is 2. The lowest BCUT2D eigenvalue weighted by Crippen LogP contribution is -2.02. The number of benzene rings is 1. The molecule has 0 aliphatic carbocycles. The molecule has 2 heteroatoms. The molecule has 2 nitrogen and oxygen atoms in total. The third-order valence-electron chi connectivity index (χ3n) is 3.02. The van der Waals surface area contributed by atoms with Gasteiger partial charge in [-0.25, -0.2) is 0 Å². The van der Waals surface area contributed by atoms with E-state index in [0.29, 0.717) is 5.92 Å². The summed E-state index contributed by atoms with van der Waals surface area (Å²) < 4.78 is 0. The van der Waals surface area contributed by atoms with E-state index < -0.39 is 0 Å². The van der Waals surface area contributed by atoms with Gasteiger partial charge in [0.2, 0.25) is 0 Å². The van der Waals surface area contributed by atoms with Crippen molar-refractivity contribution in [1.29, 1.82) is 0 Å². The van der Waals surface area contributed by atoms with Crippen LogP contribution in [0.25, 0.3) is 0 Å². The predicted octanol–water partition coefficient (Wildman–Crippen LogP) is 4.53. The topological polar surface area (TPSA) is 38.4 Å². The Morgan fingerprint density at radius 1 is 1.32 bits per heavy atom. The Balaban J connectivity index is 3.01. The molecule has 0 atom stereocenters. The smallest absolute Gasteiger partial charge is 0.0659 e. The SMILES string of the molecule is CC/C=C(/C(C=Nc1ccccc1C)=CN)C(C)C. The van der Waals surface area contributed by atoms with Gasteiger partial charge in [0.15, 0.2) is 0 Å². The Kier molecular flexibility index (Phi) is 6.07. The molecule has 19 heavy (non-hydrogen) atoms. The molecule has 0 saturated carbocycles. The fraction of sp³-hybridized carbons (Fsp3) is 0.353. The van der Waals surface area contributed by atoms with Gasteiger partial charge in [0.1, 0.15) is 0 Å². The lowest BCUT2D eigenvalue weighted by Gasteiger charge is -2.12. The Hall–Kier alpha value is -1.83. The third-order valence-corrected chi connectivity index (χ3v) is 3.02. The van der Waals surface area contributed by atoms with Crippen LogP contribution in [0.1, 0.15) is 32.8 Å². The number of rotatable bonds is 5. The van der Waals surface area contributed by atoms with E-state index in [1.54, 1.807) is 6.20 Å². The van der Waals surface area contributed by atoms with Crippen molar-refractivity contribution >= 4 is 11.9 Å². The summed E-state index contributed by atoms with van der Waals surface area (Å²) in [6.07, 6.45) is 6.73. The van der Waals surface area contributed by atoms with E-state index in [0.717, 1.165) is 17.7 Å². The van der Waals surface area contributed by atoms with Gasteiger partial charge >= 0.3 is 0 Å². The van der Waals surface area contributed by atoms with Crippen molar-refractivity contribution in [2.24, 2.45) is 16.6 Å². The zero-order valence-electron chi connectivity index (χ0n) is 12.4. The highest BCUT2D eigenvalue weighted by Gasteiger charge is 2.07. The number of allylic oxidation sites excluding steroid dienone is 3. The quantitative estimate of drug-likeness (QED) is 0.610. The number of hydrogen-bond donors (Lipinski definition) is 1. The van der Waals surface area contributed by atoms with Crippen LogP contribution in [0.3, 0.4) is 0 Å². The van der Waals surface area contributed by atoms with E-state index in [1.807, 2.05) is 24.4 Å². The zero-order valence-corrected chi connectivity index (χ0v) is 12.4. The van der Waals surface area contributed by atoms with Crippen LogP contribution in [0.2, 0.25) is 0 Å². The summed E-state index contributed by atoms with van der Waals surface area (Å²) >= 11 is 0. The molecule has 0 saturated heterocycles. The van der Waals surface area contributed by atoms with Crippen LogP contribution in [0.15, 0.2) is 52.7 Å². The van der Waals surface area contributed by atoms with Gasteiger partial charge < -0.3 is 5.73 Å². The number of aryl methyl sites for hydroxylation is 1. The van der Waals surface area contributed by atoms with Crippen molar-refractivity contribution in [1.82, 2.24) is 0 Å². The molecule has 2 N–H and O–H groups in total. The Morgan fingerprint density at radius 2 is 2.00 bits per heavy atom. The zero-order chi connectivity index (χ0) is 14.3. The second kappa shape index (κ2) is 7.57. The van der Waals surface area contributed by atoms with Crippen LogP contribution < -0.4 is 5.73 Å². The summed E-state index contributed by atoms with van der Waals surface area (Å²) in [4.78, 5) is 4.55. The first-order valence-corrected chi connectivity index (χ1v) is 6.82. The van der Waals surface area contributed by atoms with E-state index in [1.165, 1.54) is 11.1 Å². The Labute approximate surface area is 116 Å². The molecule has 0 bridgehead atoms. The predicted molar refractivity (Wildman–Crippen MR) is 84.8 cm³/mol. The number of nitrogens with zero attached hydrogens (tertiary/aromatic N) is 1. The van der Waals surface area contributed by atoms with Crippen LogP contribution in [0.4, 0.5) is 5.69 Å². The molecule has 0 spiro atoms. The summed E-state index contributed by atoms with van der Waals surface area (Å²) in [5.74, 6) is 0.443. The maximum Gasteiger partial charge on any atom is 0.0659 e. The molecule has 1 aromatic rings. The monoisotopic (exact) mass is 256 g/mol. The van der Waals surface area contributed by atoms with Crippen molar-refractivity contribution in [2.75, 3.05) is 0 Å². The van der Waals surface area contributed by atoms with Crippen LogP contribution in [0, 0.1) is 12.8 Å². The molecule has 0 heterocycles. The van der Waals surface area contributed by atoms with Gasteiger partial charge in [-0.15, -0.1) is 0 Å². The van der Waals surface area contributed by atoms with E-state index >= 15 is 0 Å². The molecular formula is C17H24N2. The molecule has 0 fully saturated rings. The molecule has 1 rings (SSSR count). The van der Waals surface area contributed by atoms with Crippen LogP contribution >= 0.6 is 0 Å². The number of para-hydroxylation sites is 1. The summed E-state index contributed by atoms with van der Waals surface area (Å²) in [7, 11) is 0. The third kappa shape index (κ3) is 4.40. The first-order valence-electron chi connectivity index (χ1n) is 6.82. The summed E-state index contributed by atoms with van der Waals surface area (Å²) in [5, 5.41) is 0. The van der Waals surface area contributed by atoms with E-state index in [-0.39, 0.29) is 0 Å².